The molecule has 5 heteroatoms. The summed E-state index contributed by atoms with van der Waals surface area (Å²) < 4.78 is 0. The van der Waals surface area contributed by atoms with Gasteiger partial charge in [-0.05, 0) is 31.9 Å². The van der Waals surface area contributed by atoms with Crippen LogP contribution in [0.1, 0.15) is 30.1 Å². The average Bonchev–Trinajstić information content (AvgIpc) is 3.22. The Balaban J connectivity index is 1.99. The highest BCUT2D eigenvalue weighted by atomic mass is 16.2. The molecule has 1 saturated carbocycles. The minimum atomic E-state index is -0.146. The van der Waals surface area contributed by atoms with Crippen LogP contribution in [0.15, 0.2) is 24.3 Å². The normalized spacial score (nSPS) is 13.7. The van der Waals surface area contributed by atoms with Crippen LogP contribution in [0.25, 0.3) is 0 Å². The molecule has 0 heterocycles. The molecule has 0 unspecified atom stereocenters. The molecular weight excluding hydrogens is 254 g/mol. The van der Waals surface area contributed by atoms with Gasteiger partial charge in [0, 0.05) is 25.3 Å². The fraction of sp³-hybridized carbons (Fsp3) is 0.467. The summed E-state index contributed by atoms with van der Waals surface area (Å²) in [5, 5.41) is 6.04. The molecule has 108 valence electrons. The molecule has 0 bridgehead atoms. The Morgan fingerprint density at radius 3 is 2.65 bits per heavy atom. The lowest BCUT2D eigenvalue weighted by Gasteiger charge is -2.19. The molecule has 0 atom stereocenters. The Bertz CT molecular complexity index is 498. The number of nitrogens with zero attached hydrogens (tertiary/aromatic N) is 1. The second-order valence-electron chi connectivity index (χ2n) is 5.08. The van der Waals surface area contributed by atoms with E-state index in [1.165, 1.54) is 4.90 Å². The standard InChI is InChI=1S/C15H21N3O2/c1-3-16-13-7-5-4-6-12(13)15(20)18(2)10-14(19)17-11-8-9-11/h4-7,11,16H,3,8-10H2,1-2H3,(H,17,19). The molecule has 0 aromatic heterocycles. The van der Waals surface area contributed by atoms with Crippen molar-refractivity contribution in [1.82, 2.24) is 10.2 Å². The van der Waals surface area contributed by atoms with Crippen LogP contribution in [-0.2, 0) is 4.79 Å². The molecule has 0 saturated heterocycles. The molecule has 1 aliphatic carbocycles. The predicted octanol–water partition coefficient (Wildman–Crippen LogP) is 1.47. The lowest BCUT2D eigenvalue weighted by molar-refractivity contribution is -0.121. The Morgan fingerprint density at radius 1 is 1.30 bits per heavy atom. The number of benzene rings is 1. The Labute approximate surface area is 119 Å². The van der Waals surface area contributed by atoms with Gasteiger partial charge in [-0.15, -0.1) is 0 Å². The molecule has 0 radical (unpaired) electrons. The van der Waals surface area contributed by atoms with Gasteiger partial charge in [-0.1, -0.05) is 12.1 Å². The van der Waals surface area contributed by atoms with Crippen LogP contribution in [0.4, 0.5) is 5.69 Å². The number of hydrogen-bond acceptors (Lipinski definition) is 3. The molecule has 20 heavy (non-hydrogen) atoms. The van der Waals surface area contributed by atoms with Crippen LogP contribution >= 0.6 is 0 Å². The van der Waals surface area contributed by atoms with Crippen molar-refractivity contribution < 1.29 is 9.59 Å². The highest BCUT2D eigenvalue weighted by Gasteiger charge is 2.24. The number of rotatable bonds is 6. The van der Waals surface area contributed by atoms with Crippen molar-refractivity contribution in [2.24, 2.45) is 0 Å². The molecular formula is C15H21N3O2. The summed E-state index contributed by atoms with van der Waals surface area (Å²) in [6.45, 7) is 2.82. The largest absolute Gasteiger partial charge is 0.385 e. The third-order valence-corrected chi connectivity index (χ3v) is 3.19. The third-order valence-electron chi connectivity index (χ3n) is 3.19. The van der Waals surface area contributed by atoms with Gasteiger partial charge < -0.3 is 15.5 Å². The van der Waals surface area contributed by atoms with Crippen molar-refractivity contribution >= 4 is 17.5 Å². The van der Waals surface area contributed by atoms with Crippen molar-refractivity contribution in [3.63, 3.8) is 0 Å². The molecule has 1 aliphatic rings. The maximum Gasteiger partial charge on any atom is 0.256 e. The van der Waals surface area contributed by atoms with E-state index in [0.717, 1.165) is 25.1 Å². The van der Waals surface area contributed by atoms with Crippen molar-refractivity contribution in [3.05, 3.63) is 29.8 Å². The van der Waals surface area contributed by atoms with Gasteiger partial charge in [0.1, 0.15) is 0 Å². The van der Waals surface area contributed by atoms with Crippen LogP contribution in [0.5, 0.6) is 0 Å². The molecule has 2 rings (SSSR count). The Hall–Kier alpha value is -2.04. The van der Waals surface area contributed by atoms with Gasteiger partial charge in [0.05, 0.1) is 12.1 Å². The van der Waals surface area contributed by atoms with E-state index in [1.54, 1.807) is 13.1 Å². The van der Waals surface area contributed by atoms with Crippen LogP contribution < -0.4 is 10.6 Å². The Morgan fingerprint density at radius 2 is 2.00 bits per heavy atom. The first-order valence-corrected chi connectivity index (χ1v) is 6.99. The number of para-hydroxylation sites is 1. The second kappa shape index (κ2) is 6.41. The SMILES string of the molecule is CCNc1ccccc1C(=O)N(C)CC(=O)NC1CC1. The lowest BCUT2D eigenvalue weighted by Crippen LogP contribution is -2.39. The monoisotopic (exact) mass is 275 g/mol. The van der Waals surface area contributed by atoms with Gasteiger partial charge in [-0.3, -0.25) is 9.59 Å². The summed E-state index contributed by atoms with van der Waals surface area (Å²) in [4.78, 5) is 25.6. The number of nitrogens with one attached hydrogen (secondary N) is 2. The van der Waals surface area contributed by atoms with Crippen molar-refractivity contribution in [3.8, 4) is 0 Å². The molecule has 2 amide bonds. The molecule has 5 nitrogen and oxygen atoms in total. The smallest absolute Gasteiger partial charge is 0.256 e. The third kappa shape index (κ3) is 3.73. The van der Waals surface area contributed by atoms with Gasteiger partial charge in [0.25, 0.3) is 5.91 Å². The second-order valence-corrected chi connectivity index (χ2v) is 5.08. The van der Waals surface area contributed by atoms with E-state index in [-0.39, 0.29) is 18.4 Å². The first kappa shape index (κ1) is 14.4. The highest BCUT2D eigenvalue weighted by molar-refractivity contribution is 6.01. The number of carbonyl (C=O) groups excluding carboxylic acids is 2. The van der Waals surface area contributed by atoms with Crippen molar-refractivity contribution in [1.29, 1.82) is 0 Å². The maximum atomic E-state index is 12.4. The van der Waals surface area contributed by atoms with Crippen molar-refractivity contribution in [2.45, 2.75) is 25.8 Å². The topological polar surface area (TPSA) is 61.4 Å². The number of carbonyl (C=O) groups is 2. The molecule has 1 aromatic rings. The molecule has 0 aliphatic heterocycles. The van der Waals surface area contributed by atoms with Crippen LogP contribution in [-0.4, -0.2) is 42.9 Å². The number of amides is 2. The molecule has 1 aromatic carbocycles. The zero-order valence-corrected chi connectivity index (χ0v) is 12.0. The molecule has 0 spiro atoms. The first-order chi connectivity index (χ1) is 9.61. The van der Waals surface area contributed by atoms with Gasteiger partial charge in [0.2, 0.25) is 5.91 Å². The lowest BCUT2D eigenvalue weighted by atomic mass is 10.1. The van der Waals surface area contributed by atoms with Gasteiger partial charge in [-0.25, -0.2) is 0 Å². The average molecular weight is 275 g/mol. The van der Waals surface area contributed by atoms with Crippen LogP contribution in [0.3, 0.4) is 0 Å². The highest BCUT2D eigenvalue weighted by Crippen LogP contribution is 2.19. The summed E-state index contributed by atoms with van der Waals surface area (Å²) in [5.41, 5.74) is 1.39. The van der Waals surface area contributed by atoms with E-state index in [1.807, 2.05) is 25.1 Å². The van der Waals surface area contributed by atoms with Crippen LogP contribution in [0.2, 0.25) is 0 Å². The minimum absolute atomic E-state index is 0.0930. The van der Waals surface area contributed by atoms with E-state index < -0.39 is 0 Å². The number of anilines is 1. The molecule has 1 fully saturated rings. The number of hydrogen-bond donors (Lipinski definition) is 2. The summed E-state index contributed by atoms with van der Waals surface area (Å²) in [6, 6.07) is 7.67. The van der Waals surface area contributed by atoms with E-state index in [4.69, 9.17) is 0 Å². The van der Waals surface area contributed by atoms with E-state index in [9.17, 15) is 9.59 Å². The zero-order chi connectivity index (χ0) is 14.5. The fourth-order valence-electron chi connectivity index (χ4n) is 2.01. The summed E-state index contributed by atoms with van der Waals surface area (Å²) in [5.74, 6) is -0.239. The predicted molar refractivity (Wildman–Crippen MR) is 78.7 cm³/mol. The summed E-state index contributed by atoms with van der Waals surface area (Å²) in [7, 11) is 1.65. The van der Waals surface area contributed by atoms with Crippen LogP contribution in [0, 0.1) is 0 Å². The van der Waals surface area contributed by atoms with Gasteiger partial charge in [-0.2, -0.15) is 0 Å². The summed E-state index contributed by atoms with van der Waals surface area (Å²) >= 11 is 0. The van der Waals surface area contributed by atoms with Crippen molar-refractivity contribution in [2.75, 3.05) is 25.5 Å². The molecule has 2 N–H and O–H groups in total. The van der Waals surface area contributed by atoms with E-state index >= 15 is 0 Å². The van der Waals surface area contributed by atoms with Gasteiger partial charge >= 0.3 is 0 Å². The first-order valence-electron chi connectivity index (χ1n) is 6.99. The maximum absolute atomic E-state index is 12.4. The van der Waals surface area contributed by atoms with E-state index in [0.29, 0.717) is 11.6 Å². The summed E-state index contributed by atoms with van der Waals surface area (Å²) in [6.07, 6.45) is 2.10. The minimum Gasteiger partial charge on any atom is -0.385 e. The zero-order valence-electron chi connectivity index (χ0n) is 12.0. The van der Waals surface area contributed by atoms with Gasteiger partial charge in [0.15, 0.2) is 0 Å². The fourth-order valence-corrected chi connectivity index (χ4v) is 2.01. The quantitative estimate of drug-likeness (QED) is 0.826. The van der Waals surface area contributed by atoms with E-state index in [2.05, 4.69) is 10.6 Å². The Kier molecular flexibility index (Phi) is 4.61. The number of likely N-dealkylation sites (N-methyl/N-ethyl adjacent to an activating group) is 1.